The van der Waals surface area contributed by atoms with Crippen molar-refractivity contribution in [1.29, 1.82) is 0 Å². The Kier molecular flexibility index (Phi) is 6.88. The van der Waals surface area contributed by atoms with Gasteiger partial charge >= 0.3 is 5.97 Å². The number of rotatable bonds is 5. The van der Waals surface area contributed by atoms with E-state index < -0.39 is 5.97 Å². The van der Waals surface area contributed by atoms with E-state index in [2.05, 4.69) is 68.6 Å². The normalized spacial score (nSPS) is 21.5. The highest BCUT2D eigenvalue weighted by Crippen LogP contribution is 2.50. The molecule has 0 spiro atoms. The van der Waals surface area contributed by atoms with Gasteiger partial charge in [-0.2, -0.15) is 0 Å². The molecule has 1 N–H and O–H groups in total. The Morgan fingerprint density at radius 3 is 2.42 bits per heavy atom. The van der Waals surface area contributed by atoms with Crippen molar-refractivity contribution in [2.24, 2.45) is 0 Å². The molecule has 1 aliphatic heterocycles. The zero-order valence-electron chi connectivity index (χ0n) is 18.7. The molecule has 1 aliphatic carbocycles. The lowest BCUT2D eigenvalue weighted by atomic mass is 9.69. The molecule has 2 aromatic rings. The fourth-order valence-electron chi connectivity index (χ4n) is 4.84. The molecule has 1 fully saturated rings. The third-order valence-corrected chi connectivity index (χ3v) is 9.87. The summed E-state index contributed by atoms with van der Waals surface area (Å²) in [6.07, 6.45) is 7.06. The highest BCUT2D eigenvalue weighted by atomic mass is 32.2. The van der Waals surface area contributed by atoms with Crippen LogP contribution >= 0.6 is 23.5 Å². The average Bonchev–Trinajstić information content (AvgIpc) is 2.78. The van der Waals surface area contributed by atoms with Gasteiger partial charge in [-0.15, -0.1) is 23.5 Å². The van der Waals surface area contributed by atoms with Crippen molar-refractivity contribution in [2.75, 3.05) is 11.5 Å². The van der Waals surface area contributed by atoms with Crippen LogP contribution in [0, 0.1) is 0 Å². The fourth-order valence-corrected chi connectivity index (χ4v) is 8.10. The Bertz CT molecular complexity index is 969. The van der Waals surface area contributed by atoms with E-state index in [1.165, 1.54) is 47.5 Å². The lowest BCUT2D eigenvalue weighted by Crippen LogP contribution is -2.30. The number of hydrogen-bond acceptors (Lipinski definition) is 3. The molecule has 0 radical (unpaired) electrons. The number of fused-ring (bicyclic) bond motifs is 1. The average molecular weight is 453 g/mol. The van der Waals surface area contributed by atoms with Crippen molar-refractivity contribution in [1.82, 2.24) is 0 Å². The molecule has 0 saturated carbocycles. The first kappa shape index (κ1) is 22.5. The van der Waals surface area contributed by atoms with Gasteiger partial charge in [-0.05, 0) is 82.6 Å². The van der Waals surface area contributed by atoms with E-state index in [1.54, 1.807) is 17.7 Å². The summed E-state index contributed by atoms with van der Waals surface area (Å²) < 4.78 is 0.678. The minimum absolute atomic E-state index is 0.234. The van der Waals surface area contributed by atoms with Gasteiger partial charge in [0.25, 0.3) is 0 Å². The van der Waals surface area contributed by atoms with Gasteiger partial charge in [0, 0.05) is 5.92 Å². The van der Waals surface area contributed by atoms with Gasteiger partial charge < -0.3 is 5.11 Å². The van der Waals surface area contributed by atoms with Crippen LogP contribution in [0.2, 0.25) is 0 Å². The highest BCUT2D eigenvalue weighted by molar-refractivity contribution is 8.17. The quantitative estimate of drug-likeness (QED) is 0.472. The zero-order valence-corrected chi connectivity index (χ0v) is 20.3. The number of carboxylic acid groups (broad SMARTS) is 1. The first-order chi connectivity index (χ1) is 14.9. The number of carbonyl (C=O) groups is 1. The number of carboxylic acids is 1. The second-order valence-electron chi connectivity index (χ2n) is 9.24. The van der Waals surface area contributed by atoms with Crippen molar-refractivity contribution in [3.63, 3.8) is 0 Å². The zero-order chi connectivity index (χ0) is 22.0. The van der Waals surface area contributed by atoms with Gasteiger partial charge in [-0.1, -0.05) is 57.2 Å². The van der Waals surface area contributed by atoms with Gasteiger partial charge in [-0.25, -0.2) is 4.79 Å². The molecular weight excluding hydrogens is 420 g/mol. The van der Waals surface area contributed by atoms with E-state index in [0.29, 0.717) is 16.1 Å². The predicted molar refractivity (Wildman–Crippen MR) is 136 cm³/mol. The number of thioether (sulfide) groups is 2. The molecule has 0 amide bonds. The molecule has 31 heavy (non-hydrogen) atoms. The Morgan fingerprint density at radius 1 is 1.10 bits per heavy atom. The maximum atomic E-state index is 11.2. The lowest BCUT2D eigenvalue weighted by Gasteiger charge is -2.41. The first-order valence-corrected chi connectivity index (χ1v) is 13.4. The van der Waals surface area contributed by atoms with Gasteiger partial charge in [0.05, 0.1) is 10.1 Å². The van der Waals surface area contributed by atoms with E-state index in [4.69, 9.17) is 0 Å². The third kappa shape index (κ3) is 4.90. The monoisotopic (exact) mass is 452 g/mol. The number of aromatic carboxylic acids is 1. The Morgan fingerprint density at radius 2 is 1.77 bits per heavy atom. The summed E-state index contributed by atoms with van der Waals surface area (Å²) in [7, 11) is 0. The van der Waals surface area contributed by atoms with Crippen LogP contribution in [-0.4, -0.2) is 27.2 Å². The van der Waals surface area contributed by atoms with Crippen LogP contribution in [0.1, 0.15) is 85.0 Å². The molecule has 0 aromatic heterocycles. The van der Waals surface area contributed by atoms with Crippen molar-refractivity contribution in [3.8, 4) is 0 Å². The minimum atomic E-state index is -0.879. The van der Waals surface area contributed by atoms with E-state index >= 15 is 0 Å². The van der Waals surface area contributed by atoms with Crippen molar-refractivity contribution in [2.45, 2.75) is 62.4 Å². The fraction of sp³-hybridized carbons (Fsp3) is 0.444. The molecule has 1 atom stereocenters. The minimum Gasteiger partial charge on any atom is -0.478 e. The molecular formula is C27H32O2S2. The number of benzene rings is 2. The molecule has 1 saturated heterocycles. The van der Waals surface area contributed by atoms with Crippen molar-refractivity contribution < 1.29 is 9.90 Å². The van der Waals surface area contributed by atoms with Crippen molar-refractivity contribution >= 4 is 41.1 Å². The summed E-state index contributed by atoms with van der Waals surface area (Å²) in [6.45, 7) is 6.94. The predicted octanol–water partition coefficient (Wildman–Crippen LogP) is 7.69. The maximum Gasteiger partial charge on any atom is 0.335 e. The third-order valence-electron chi connectivity index (χ3n) is 6.69. The van der Waals surface area contributed by atoms with Crippen LogP contribution in [0.25, 0.3) is 11.6 Å². The largest absolute Gasteiger partial charge is 0.478 e. The van der Waals surface area contributed by atoms with E-state index in [9.17, 15) is 9.90 Å². The number of hydrogen-bond donors (Lipinski definition) is 1. The summed E-state index contributed by atoms with van der Waals surface area (Å²) in [5, 5.41) is 9.18. The summed E-state index contributed by atoms with van der Waals surface area (Å²) in [6, 6.07) is 14.3. The molecule has 2 aromatic carbocycles. The SMILES string of the molecule is CC/C(=C/c1ccc2c(c1)C(C1SCCCS1)CCC2(C)C)c1ccc(C(=O)O)cc1. The summed E-state index contributed by atoms with van der Waals surface area (Å²) in [5.41, 5.74) is 7.24. The molecule has 4 heteroatoms. The lowest BCUT2D eigenvalue weighted by molar-refractivity contribution is 0.0697. The molecule has 1 unspecified atom stereocenters. The van der Waals surface area contributed by atoms with Gasteiger partial charge in [0.1, 0.15) is 0 Å². The Labute approximate surface area is 194 Å². The molecule has 2 aliphatic rings. The van der Waals surface area contributed by atoms with Crippen LogP contribution in [0.5, 0.6) is 0 Å². The molecule has 164 valence electrons. The molecule has 1 heterocycles. The summed E-state index contributed by atoms with van der Waals surface area (Å²) in [4.78, 5) is 11.2. The van der Waals surface area contributed by atoms with E-state index in [0.717, 1.165) is 12.0 Å². The summed E-state index contributed by atoms with van der Waals surface area (Å²) >= 11 is 4.32. The van der Waals surface area contributed by atoms with Crippen molar-refractivity contribution in [3.05, 3.63) is 70.3 Å². The summed E-state index contributed by atoms with van der Waals surface area (Å²) in [5.74, 6) is 2.33. The molecule has 4 rings (SSSR count). The van der Waals surface area contributed by atoms with Crippen LogP contribution < -0.4 is 0 Å². The van der Waals surface area contributed by atoms with Gasteiger partial charge in [0.15, 0.2) is 0 Å². The Hall–Kier alpha value is -1.65. The topological polar surface area (TPSA) is 37.3 Å². The van der Waals surface area contributed by atoms with Crippen LogP contribution in [-0.2, 0) is 5.41 Å². The van der Waals surface area contributed by atoms with Crippen LogP contribution in [0.15, 0.2) is 42.5 Å². The van der Waals surface area contributed by atoms with Crippen LogP contribution in [0.4, 0.5) is 0 Å². The maximum absolute atomic E-state index is 11.2. The standard InChI is InChI=1S/C27H32O2S2/c1-4-19(20-7-9-21(10-8-20)25(28)29)16-18-6-11-24-23(17-18)22(12-13-27(24,2)3)26-30-14-5-15-31-26/h6-11,16-17,22,26H,4-5,12-15H2,1-3H3,(H,28,29)/b19-16-. The highest BCUT2D eigenvalue weighted by Gasteiger charge is 2.37. The van der Waals surface area contributed by atoms with Gasteiger partial charge in [-0.3, -0.25) is 0 Å². The second kappa shape index (κ2) is 9.46. The van der Waals surface area contributed by atoms with Crippen LogP contribution in [0.3, 0.4) is 0 Å². The smallest absolute Gasteiger partial charge is 0.335 e. The Balaban J connectivity index is 1.69. The van der Waals surface area contributed by atoms with E-state index in [-0.39, 0.29) is 5.41 Å². The molecule has 2 nitrogen and oxygen atoms in total. The second-order valence-corrected chi connectivity index (χ2v) is 12.0. The van der Waals surface area contributed by atoms with E-state index in [1.807, 2.05) is 12.1 Å². The first-order valence-electron chi connectivity index (χ1n) is 11.3. The van der Waals surface area contributed by atoms with Gasteiger partial charge in [0.2, 0.25) is 0 Å². The number of allylic oxidation sites excluding steroid dienone is 1. The molecule has 0 bridgehead atoms.